The predicted octanol–water partition coefficient (Wildman–Crippen LogP) is 1.57. The molecule has 0 unspecified atom stereocenters. The number of ether oxygens (including phenoxy) is 1. The Morgan fingerprint density at radius 3 is 2.62 bits per heavy atom. The van der Waals surface area contributed by atoms with Gasteiger partial charge in [0.1, 0.15) is 0 Å². The van der Waals surface area contributed by atoms with E-state index in [1.807, 2.05) is 24.3 Å². The highest BCUT2D eigenvalue weighted by molar-refractivity contribution is 9.10. The van der Waals surface area contributed by atoms with Crippen molar-refractivity contribution in [3.05, 3.63) is 34.3 Å². The largest absolute Gasteiger partial charge is 0.383 e. The second kappa shape index (κ2) is 13.2. The fourth-order valence-corrected chi connectivity index (χ4v) is 2.32. The van der Waals surface area contributed by atoms with Crippen LogP contribution in [0.5, 0.6) is 0 Å². The molecule has 0 fully saturated rings. The summed E-state index contributed by atoms with van der Waals surface area (Å²) in [6.45, 7) is 2.28. The lowest BCUT2D eigenvalue weighted by Crippen LogP contribution is -2.37. The van der Waals surface area contributed by atoms with Crippen LogP contribution >= 0.6 is 28.3 Å². The number of carbonyl (C=O) groups is 2. The first-order valence-electron chi connectivity index (χ1n) is 7.48. The van der Waals surface area contributed by atoms with Crippen molar-refractivity contribution in [3.8, 4) is 0 Å². The molecule has 8 heteroatoms. The molecule has 0 spiro atoms. The van der Waals surface area contributed by atoms with Crippen molar-refractivity contribution in [1.82, 2.24) is 15.5 Å². The lowest BCUT2D eigenvalue weighted by Gasteiger charge is -2.18. The summed E-state index contributed by atoms with van der Waals surface area (Å²) in [4.78, 5) is 25.3. The van der Waals surface area contributed by atoms with Crippen molar-refractivity contribution in [2.75, 3.05) is 40.4 Å². The van der Waals surface area contributed by atoms with E-state index >= 15 is 0 Å². The number of benzene rings is 1. The van der Waals surface area contributed by atoms with Gasteiger partial charge in [-0.05, 0) is 11.6 Å². The van der Waals surface area contributed by atoms with E-state index < -0.39 is 0 Å². The average Bonchev–Trinajstić information content (AvgIpc) is 2.53. The van der Waals surface area contributed by atoms with Crippen LogP contribution in [-0.2, 0) is 20.9 Å². The van der Waals surface area contributed by atoms with Gasteiger partial charge in [-0.3, -0.25) is 9.59 Å². The Labute approximate surface area is 157 Å². The average molecular weight is 423 g/mol. The van der Waals surface area contributed by atoms with E-state index in [-0.39, 0.29) is 37.2 Å². The second-order valence-electron chi connectivity index (χ2n) is 5.11. The SMILES string of the molecule is COCCNCC(=O)NCCC(=O)N(C)Cc1ccccc1Br.Cl. The van der Waals surface area contributed by atoms with Gasteiger partial charge in [0, 0.05) is 44.7 Å². The first-order valence-corrected chi connectivity index (χ1v) is 8.27. The van der Waals surface area contributed by atoms with Crippen LogP contribution in [0.2, 0.25) is 0 Å². The molecule has 2 N–H and O–H groups in total. The monoisotopic (exact) mass is 421 g/mol. The molecule has 24 heavy (non-hydrogen) atoms. The van der Waals surface area contributed by atoms with E-state index in [0.717, 1.165) is 10.0 Å². The van der Waals surface area contributed by atoms with E-state index in [1.165, 1.54) is 0 Å². The van der Waals surface area contributed by atoms with Crippen LogP contribution in [0, 0.1) is 0 Å². The zero-order valence-electron chi connectivity index (χ0n) is 14.0. The molecular weight excluding hydrogens is 398 g/mol. The minimum Gasteiger partial charge on any atom is -0.383 e. The van der Waals surface area contributed by atoms with Gasteiger partial charge in [0.2, 0.25) is 11.8 Å². The molecule has 136 valence electrons. The summed E-state index contributed by atoms with van der Waals surface area (Å²) in [5.74, 6) is -0.129. The maximum atomic E-state index is 12.1. The Morgan fingerprint density at radius 2 is 1.96 bits per heavy atom. The standard InChI is InChI=1S/C16H24BrN3O3.ClH/c1-20(12-13-5-3-4-6-14(13)17)16(22)7-8-19-15(21)11-18-9-10-23-2;/h3-6,18H,7-12H2,1-2H3,(H,19,21);1H. The molecule has 0 aliphatic carbocycles. The van der Waals surface area contributed by atoms with Gasteiger partial charge in [-0.25, -0.2) is 0 Å². The van der Waals surface area contributed by atoms with Crippen molar-refractivity contribution >= 4 is 40.2 Å². The highest BCUT2D eigenvalue weighted by Crippen LogP contribution is 2.17. The summed E-state index contributed by atoms with van der Waals surface area (Å²) >= 11 is 3.47. The number of amides is 2. The fourth-order valence-electron chi connectivity index (χ4n) is 1.91. The summed E-state index contributed by atoms with van der Waals surface area (Å²) in [5, 5.41) is 5.67. The Balaban J connectivity index is 0.00000529. The molecule has 0 heterocycles. The molecule has 6 nitrogen and oxygen atoms in total. The van der Waals surface area contributed by atoms with Crippen LogP contribution in [0.15, 0.2) is 28.7 Å². The van der Waals surface area contributed by atoms with Crippen LogP contribution in [-0.4, -0.2) is 57.1 Å². The molecule has 0 saturated heterocycles. The number of halogens is 2. The highest BCUT2D eigenvalue weighted by Gasteiger charge is 2.11. The molecule has 0 saturated carbocycles. The maximum Gasteiger partial charge on any atom is 0.233 e. The minimum absolute atomic E-state index is 0. The van der Waals surface area contributed by atoms with Gasteiger partial charge in [0.05, 0.1) is 13.2 Å². The minimum atomic E-state index is -0.123. The lowest BCUT2D eigenvalue weighted by molar-refractivity contribution is -0.130. The van der Waals surface area contributed by atoms with Gasteiger partial charge in [0.15, 0.2) is 0 Å². The van der Waals surface area contributed by atoms with Gasteiger partial charge < -0.3 is 20.3 Å². The Morgan fingerprint density at radius 1 is 1.25 bits per heavy atom. The highest BCUT2D eigenvalue weighted by atomic mass is 79.9. The van der Waals surface area contributed by atoms with Crippen LogP contribution in [0.3, 0.4) is 0 Å². The molecule has 0 atom stereocenters. The third-order valence-corrected chi connectivity index (χ3v) is 3.99. The van der Waals surface area contributed by atoms with Crippen molar-refractivity contribution in [2.45, 2.75) is 13.0 Å². The third kappa shape index (κ3) is 9.22. The normalized spacial score (nSPS) is 9.96. The third-order valence-electron chi connectivity index (χ3n) is 3.22. The number of rotatable bonds is 10. The Bertz CT molecular complexity index is 517. The zero-order chi connectivity index (χ0) is 17.1. The quantitative estimate of drug-likeness (QED) is 0.562. The number of hydrogen-bond donors (Lipinski definition) is 2. The van der Waals surface area contributed by atoms with Gasteiger partial charge in [-0.15, -0.1) is 12.4 Å². The van der Waals surface area contributed by atoms with E-state index in [9.17, 15) is 9.59 Å². The number of carbonyl (C=O) groups excluding carboxylic acids is 2. The summed E-state index contributed by atoms with van der Waals surface area (Å²) in [6.07, 6.45) is 0.283. The van der Waals surface area contributed by atoms with Crippen molar-refractivity contribution < 1.29 is 14.3 Å². The number of methoxy groups -OCH3 is 1. The molecule has 0 radical (unpaired) electrons. The molecule has 0 aliphatic heterocycles. The Kier molecular flexibility index (Phi) is 12.5. The van der Waals surface area contributed by atoms with E-state index in [2.05, 4.69) is 26.6 Å². The molecule has 1 rings (SSSR count). The number of nitrogens with zero attached hydrogens (tertiary/aromatic N) is 1. The summed E-state index contributed by atoms with van der Waals surface area (Å²) in [7, 11) is 3.37. The van der Waals surface area contributed by atoms with Crippen LogP contribution in [0.1, 0.15) is 12.0 Å². The van der Waals surface area contributed by atoms with Gasteiger partial charge in [0.25, 0.3) is 0 Å². The van der Waals surface area contributed by atoms with E-state index in [4.69, 9.17) is 4.74 Å². The van der Waals surface area contributed by atoms with Gasteiger partial charge >= 0.3 is 0 Å². The molecule has 0 aliphatic rings. The molecule has 1 aromatic carbocycles. The first-order chi connectivity index (χ1) is 11.0. The fraction of sp³-hybridized carbons (Fsp3) is 0.500. The number of hydrogen-bond acceptors (Lipinski definition) is 4. The smallest absolute Gasteiger partial charge is 0.233 e. The first kappa shape index (κ1) is 22.9. The zero-order valence-corrected chi connectivity index (χ0v) is 16.4. The molecule has 2 amide bonds. The van der Waals surface area contributed by atoms with Crippen molar-refractivity contribution in [1.29, 1.82) is 0 Å². The van der Waals surface area contributed by atoms with Crippen LogP contribution in [0.25, 0.3) is 0 Å². The summed E-state index contributed by atoms with van der Waals surface area (Å²) in [6, 6.07) is 7.80. The maximum absolute atomic E-state index is 12.1. The molecular formula is C16H25BrClN3O3. The molecule has 1 aromatic rings. The topological polar surface area (TPSA) is 70.7 Å². The van der Waals surface area contributed by atoms with E-state index in [0.29, 0.717) is 26.2 Å². The van der Waals surface area contributed by atoms with Crippen molar-refractivity contribution in [3.63, 3.8) is 0 Å². The van der Waals surface area contributed by atoms with Crippen LogP contribution in [0.4, 0.5) is 0 Å². The van der Waals surface area contributed by atoms with Crippen LogP contribution < -0.4 is 10.6 Å². The summed E-state index contributed by atoms with van der Waals surface area (Å²) in [5.41, 5.74) is 1.05. The Hall–Kier alpha value is -1.15. The van der Waals surface area contributed by atoms with Crippen molar-refractivity contribution in [2.24, 2.45) is 0 Å². The second-order valence-corrected chi connectivity index (χ2v) is 5.97. The van der Waals surface area contributed by atoms with Gasteiger partial charge in [-0.1, -0.05) is 34.1 Å². The lowest BCUT2D eigenvalue weighted by atomic mass is 10.2. The van der Waals surface area contributed by atoms with E-state index in [1.54, 1.807) is 19.1 Å². The van der Waals surface area contributed by atoms with Gasteiger partial charge in [-0.2, -0.15) is 0 Å². The molecule has 0 aromatic heterocycles. The molecule has 0 bridgehead atoms. The number of nitrogens with one attached hydrogen (secondary N) is 2. The summed E-state index contributed by atoms with van der Waals surface area (Å²) < 4.78 is 5.85. The predicted molar refractivity (Wildman–Crippen MR) is 100 cm³/mol.